The number of benzene rings is 1. The predicted octanol–water partition coefficient (Wildman–Crippen LogP) is 2.89. The Morgan fingerprint density at radius 1 is 1.28 bits per heavy atom. The van der Waals surface area contributed by atoms with Crippen LogP contribution in [0, 0.1) is 5.92 Å². The van der Waals surface area contributed by atoms with E-state index in [1.54, 1.807) is 0 Å². The summed E-state index contributed by atoms with van der Waals surface area (Å²) in [5.74, 6) is 0.695. The summed E-state index contributed by atoms with van der Waals surface area (Å²) in [6.07, 6.45) is 4.69. The lowest BCUT2D eigenvalue weighted by molar-refractivity contribution is -0.119. The van der Waals surface area contributed by atoms with Crippen molar-refractivity contribution in [1.29, 1.82) is 0 Å². The van der Waals surface area contributed by atoms with Gasteiger partial charge < -0.3 is 19.2 Å². The number of amides is 1. The van der Waals surface area contributed by atoms with Crippen molar-refractivity contribution in [3.05, 3.63) is 60.6 Å². The lowest BCUT2D eigenvalue weighted by atomic mass is 10.1. The minimum Gasteiger partial charge on any atom is -0.487 e. The van der Waals surface area contributed by atoms with Crippen LogP contribution in [0.4, 0.5) is 5.69 Å². The fraction of sp³-hybridized carbons (Fsp3) is 0.263. The SMILES string of the molecule is O=C(Nc1ccc(OCc2cn3ccccc3n2)cc1)[C@H]1CCOC1. The van der Waals surface area contributed by atoms with Crippen LogP contribution in [-0.2, 0) is 16.1 Å². The van der Waals surface area contributed by atoms with E-state index in [0.29, 0.717) is 19.8 Å². The van der Waals surface area contributed by atoms with Gasteiger partial charge in [-0.15, -0.1) is 0 Å². The third kappa shape index (κ3) is 3.64. The van der Waals surface area contributed by atoms with Crippen LogP contribution < -0.4 is 10.1 Å². The van der Waals surface area contributed by atoms with E-state index in [-0.39, 0.29) is 11.8 Å². The summed E-state index contributed by atoms with van der Waals surface area (Å²) >= 11 is 0. The molecule has 4 rings (SSSR count). The molecule has 6 nitrogen and oxygen atoms in total. The van der Waals surface area contributed by atoms with Crippen molar-refractivity contribution in [2.24, 2.45) is 5.92 Å². The first-order valence-electron chi connectivity index (χ1n) is 8.32. The third-order valence-corrected chi connectivity index (χ3v) is 4.22. The second kappa shape index (κ2) is 6.94. The van der Waals surface area contributed by atoms with Gasteiger partial charge in [0.25, 0.3) is 0 Å². The maximum absolute atomic E-state index is 12.1. The van der Waals surface area contributed by atoms with Gasteiger partial charge in [-0.25, -0.2) is 4.98 Å². The highest BCUT2D eigenvalue weighted by molar-refractivity contribution is 5.92. The van der Waals surface area contributed by atoms with Gasteiger partial charge in [-0.1, -0.05) is 6.07 Å². The molecule has 0 unspecified atom stereocenters. The first-order chi connectivity index (χ1) is 12.3. The summed E-state index contributed by atoms with van der Waals surface area (Å²) in [6.45, 7) is 1.56. The van der Waals surface area contributed by atoms with Crippen molar-refractivity contribution in [3.63, 3.8) is 0 Å². The van der Waals surface area contributed by atoms with Crippen molar-refractivity contribution in [2.45, 2.75) is 13.0 Å². The number of fused-ring (bicyclic) bond motifs is 1. The second-order valence-electron chi connectivity index (χ2n) is 6.06. The molecule has 25 heavy (non-hydrogen) atoms. The van der Waals surface area contributed by atoms with E-state index < -0.39 is 0 Å². The van der Waals surface area contributed by atoms with E-state index in [1.165, 1.54) is 0 Å². The number of rotatable bonds is 5. The van der Waals surface area contributed by atoms with Crippen LogP contribution in [0.2, 0.25) is 0 Å². The maximum atomic E-state index is 12.1. The molecule has 0 aliphatic carbocycles. The monoisotopic (exact) mass is 337 g/mol. The van der Waals surface area contributed by atoms with Crippen molar-refractivity contribution in [1.82, 2.24) is 9.38 Å². The lowest BCUT2D eigenvalue weighted by Gasteiger charge is -2.10. The molecule has 0 bridgehead atoms. The molecule has 128 valence electrons. The van der Waals surface area contributed by atoms with Gasteiger partial charge >= 0.3 is 0 Å². The molecule has 1 atom stereocenters. The maximum Gasteiger partial charge on any atom is 0.229 e. The summed E-state index contributed by atoms with van der Waals surface area (Å²) in [7, 11) is 0. The molecule has 3 aromatic rings. The average Bonchev–Trinajstić information content (AvgIpc) is 3.30. The molecule has 2 aromatic heterocycles. The number of hydrogen-bond donors (Lipinski definition) is 1. The Morgan fingerprint density at radius 3 is 2.92 bits per heavy atom. The van der Waals surface area contributed by atoms with E-state index >= 15 is 0 Å². The average molecular weight is 337 g/mol. The highest BCUT2D eigenvalue weighted by Crippen LogP contribution is 2.19. The lowest BCUT2D eigenvalue weighted by Crippen LogP contribution is -2.22. The second-order valence-corrected chi connectivity index (χ2v) is 6.06. The summed E-state index contributed by atoms with van der Waals surface area (Å²) in [5.41, 5.74) is 2.52. The van der Waals surface area contributed by atoms with Crippen molar-refractivity contribution < 1.29 is 14.3 Å². The topological polar surface area (TPSA) is 64.9 Å². The fourth-order valence-electron chi connectivity index (χ4n) is 2.83. The minimum absolute atomic E-state index is 0.0101. The molecule has 0 saturated carbocycles. The highest BCUT2D eigenvalue weighted by Gasteiger charge is 2.23. The molecule has 1 fully saturated rings. The van der Waals surface area contributed by atoms with Crippen LogP contribution >= 0.6 is 0 Å². The van der Waals surface area contributed by atoms with Crippen LogP contribution in [0.5, 0.6) is 5.75 Å². The van der Waals surface area contributed by atoms with E-state index in [9.17, 15) is 4.79 Å². The molecule has 1 aliphatic rings. The van der Waals surface area contributed by atoms with Gasteiger partial charge in [-0.3, -0.25) is 4.79 Å². The molecule has 6 heteroatoms. The Hall–Kier alpha value is -2.86. The summed E-state index contributed by atoms with van der Waals surface area (Å²) in [5, 5.41) is 2.91. The molecule has 3 heterocycles. The minimum atomic E-state index is -0.0500. The number of nitrogens with one attached hydrogen (secondary N) is 1. The number of carbonyl (C=O) groups is 1. The molecule has 1 N–H and O–H groups in total. The number of aromatic nitrogens is 2. The van der Waals surface area contributed by atoms with Crippen LogP contribution in [0.1, 0.15) is 12.1 Å². The zero-order chi connectivity index (χ0) is 17.1. The Labute approximate surface area is 145 Å². The molecule has 1 saturated heterocycles. The third-order valence-electron chi connectivity index (χ3n) is 4.22. The smallest absolute Gasteiger partial charge is 0.229 e. The number of carbonyl (C=O) groups excluding carboxylic acids is 1. The molecule has 1 amide bonds. The predicted molar refractivity (Wildman–Crippen MR) is 93.5 cm³/mol. The van der Waals surface area contributed by atoms with Crippen LogP contribution in [0.25, 0.3) is 5.65 Å². The number of imidazole rings is 1. The quantitative estimate of drug-likeness (QED) is 0.777. The number of ether oxygens (including phenoxy) is 2. The van der Waals surface area contributed by atoms with Crippen molar-refractivity contribution in [2.75, 3.05) is 18.5 Å². The van der Waals surface area contributed by atoms with Crippen molar-refractivity contribution >= 4 is 17.2 Å². The molecule has 0 radical (unpaired) electrons. The summed E-state index contributed by atoms with van der Waals surface area (Å²) in [4.78, 5) is 16.6. The normalized spacial score (nSPS) is 16.9. The molecular weight excluding hydrogens is 318 g/mol. The number of pyridine rings is 1. The molecule has 1 aliphatic heterocycles. The van der Waals surface area contributed by atoms with Gasteiger partial charge in [-0.05, 0) is 42.8 Å². The Bertz CT molecular complexity index is 834. The van der Waals surface area contributed by atoms with E-state index in [4.69, 9.17) is 9.47 Å². The fourth-order valence-corrected chi connectivity index (χ4v) is 2.83. The number of anilines is 1. The number of nitrogens with zero attached hydrogens (tertiary/aromatic N) is 2. The van der Waals surface area contributed by atoms with Crippen LogP contribution in [0.15, 0.2) is 54.9 Å². The zero-order valence-corrected chi connectivity index (χ0v) is 13.7. The van der Waals surface area contributed by atoms with E-state index in [2.05, 4.69) is 10.3 Å². The van der Waals surface area contributed by atoms with E-state index in [0.717, 1.165) is 29.2 Å². The largest absolute Gasteiger partial charge is 0.487 e. The molecule has 1 aromatic carbocycles. The van der Waals surface area contributed by atoms with E-state index in [1.807, 2.05) is 59.3 Å². The standard InChI is InChI=1S/C19H19N3O3/c23-19(14-8-10-24-12-14)21-15-4-6-17(7-5-15)25-13-16-11-22-9-2-1-3-18(22)20-16/h1-7,9,11,14H,8,10,12-13H2,(H,21,23)/t14-/m0/s1. The Kier molecular flexibility index (Phi) is 4.35. The van der Waals surface area contributed by atoms with Gasteiger partial charge in [0.2, 0.25) is 5.91 Å². The Morgan fingerprint density at radius 2 is 2.16 bits per heavy atom. The van der Waals surface area contributed by atoms with Crippen molar-refractivity contribution in [3.8, 4) is 5.75 Å². The number of hydrogen-bond acceptors (Lipinski definition) is 4. The van der Waals surface area contributed by atoms with Gasteiger partial charge in [0.1, 0.15) is 18.0 Å². The van der Waals surface area contributed by atoms with Gasteiger partial charge in [0, 0.05) is 24.7 Å². The first-order valence-corrected chi connectivity index (χ1v) is 8.32. The van der Waals surface area contributed by atoms with Gasteiger partial charge in [-0.2, -0.15) is 0 Å². The van der Waals surface area contributed by atoms with Crippen LogP contribution in [0.3, 0.4) is 0 Å². The zero-order valence-electron chi connectivity index (χ0n) is 13.7. The molecular formula is C19H19N3O3. The molecule has 0 spiro atoms. The highest BCUT2D eigenvalue weighted by atomic mass is 16.5. The summed E-state index contributed by atoms with van der Waals surface area (Å²) < 4.78 is 13.0. The van der Waals surface area contributed by atoms with Crippen LogP contribution in [-0.4, -0.2) is 28.5 Å². The summed E-state index contributed by atoms with van der Waals surface area (Å²) in [6, 6.07) is 13.2. The van der Waals surface area contributed by atoms with Gasteiger partial charge in [0.05, 0.1) is 18.2 Å². The first kappa shape index (κ1) is 15.7. The Balaban J connectivity index is 1.34. The van der Waals surface area contributed by atoms with Gasteiger partial charge in [0.15, 0.2) is 0 Å².